The molecular weight excluding hydrogens is 374 g/mol. The molecule has 4 N–H and O–H groups in total. The maximum Gasteiger partial charge on any atom is 0.328 e. The third kappa shape index (κ3) is 2.35. The van der Waals surface area contributed by atoms with Crippen molar-refractivity contribution in [3.05, 3.63) is 30.6 Å². The van der Waals surface area contributed by atoms with Crippen LogP contribution in [0.5, 0.6) is 0 Å². The highest BCUT2D eigenvalue weighted by molar-refractivity contribution is 14.1. The zero-order valence-electron chi connectivity index (χ0n) is 9.53. The van der Waals surface area contributed by atoms with Crippen molar-refractivity contribution in [1.29, 1.82) is 0 Å². The fourth-order valence-electron chi connectivity index (χ4n) is 2.29. The molecular formula is C10H12FIN2O5. The molecule has 5 atom stereocenters. The normalized spacial score (nSPS) is 34.7. The lowest BCUT2D eigenvalue weighted by molar-refractivity contribution is -0.00563. The molecule has 0 radical (unpaired) electrons. The Morgan fingerprint density at radius 2 is 2.00 bits per heavy atom. The van der Waals surface area contributed by atoms with Crippen LogP contribution < -0.4 is 11.2 Å². The first-order chi connectivity index (χ1) is 8.88. The number of aliphatic hydroxyl groups is 3. The van der Waals surface area contributed by atoms with Gasteiger partial charge in [0.2, 0.25) is 0 Å². The summed E-state index contributed by atoms with van der Waals surface area (Å²) < 4.78 is 15.1. The van der Waals surface area contributed by atoms with Crippen LogP contribution in [0.15, 0.2) is 15.8 Å². The summed E-state index contributed by atoms with van der Waals surface area (Å²) in [5, 5.41) is 28.4. The van der Waals surface area contributed by atoms with Crippen molar-refractivity contribution in [3.63, 3.8) is 0 Å². The van der Waals surface area contributed by atoms with Crippen molar-refractivity contribution in [2.75, 3.05) is 6.61 Å². The van der Waals surface area contributed by atoms with Gasteiger partial charge in [-0.15, -0.1) is 0 Å². The molecule has 7 nitrogen and oxygen atoms in total. The monoisotopic (exact) mass is 386 g/mol. The summed E-state index contributed by atoms with van der Waals surface area (Å²) in [4.78, 5) is 24.9. The van der Waals surface area contributed by atoms with Crippen LogP contribution in [0.1, 0.15) is 6.04 Å². The molecule has 0 aromatic carbocycles. The first-order valence-corrected chi connectivity index (χ1v) is 6.58. The summed E-state index contributed by atoms with van der Waals surface area (Å²) >= 11 is 1.67. The molecule has 1 aliphatic rings. The Hall–Kier alpha value is -0.780. The average molecular weight is 386 g/mol. The van der Waals surface area contributed by atoms with Gasteiger partial charge in [-0.2, -0.15) is 0 Å². The summed E-state index contributed by atoms with van der Waals surface area (Å²) in [5.41, 5.74) is -1.48. The second-order valence-corrected chi connectivity index (χ2v) is 5.57. The van der Waals surface area contributed by atoms with Crippen LogP contribution >= 0.6 is 22.6 Å². The number of alkyl halides is 1. The number of aromatic nitrogens is 2. The molecule has 2 rings (SSSR count). The Kier molecular flexibility index (Phi) is 4.08. The highest BCUT2D eigenvalue weighted by Crippen LogP contribution is 2.37. The van der Waals surface area contributed by atoms with E-state index in [1.165, 1.54) is 0 Å². The van der Waals surface area contributed by atoms with E-state index in [9.17, 15) is 24.2 Å². The van der Waals surface area contributed by atoms with E-state index >= 15 is 0 Å². The van der Waals surface area contributed by atoms with Crippen LogP contribution in [0.25, 0.3) is 0 Å². The van der Waals surface area contributed by atoms with Crippen molar-refractivity contribution in [2.24, 2.45) is 5.92 Å². The molecule has 1 saturated carbocycles. The molecule has 9 heteroatoms. The number of nitrogens with one attached hydrogen (secondary N) is 1. The number of rotatable bonds is 2. The Morgan fingerprint density at radius 3 is 2.53 bits per heavy atom. The Balaban J connectivity index is 2.50. The predicted octanol–water partition coefficient (Wildman–Crippen LogP) is -1.64. The SMILES string of the molecule is O=c1[nH]c(=O)n([C@@H]2C(O)C(O)[C@H](CO)[C@H]2F)cc1I. The molecule has 0 aliphatic heterocycles. The number of H-pyrrole nitrogens is 1. The smallest absolute Gasteiger partial charge is 0.328 e. The molecule has 0 amide bonds. The fourth-order valence-corrected chi connectivity index (χ4v) is 2.73. The molecule has 19 heavy (non-hydrogen) atoms. The van der Waals surface area contributed by atoms with Gasteiger partial charge in [-0.25, -0.2) is 9.18 Å². The number of hydrogen-bond acceptors (Lipinski definition) is 5. The average Bonchev–Trinajstić information content (AvgIpc) is 2.56. The summed E-state index contributed by atoms with van der Waals surface area (Å²) in [6, 6.07) is -1.34. The zero-order chi connectivity index (χ0) is 14.3. The van der Waals surface area contributed by atoms with Crippen molar-refractivity contribution in [3.8, 4) is 0 Å². The van der Waals surface area contributed by atoms with Gasteiger partial charge in [0.15, 0.2) is 0 Å². The van der Waals surface area contributed by atoms with E-state index in [-0.39, 0.29) is 3.57 Å². The second-order valence-electron chi connectivity index (χ2n) is 4.41. The molecule has 106 valence electrons. The third-order valence-electron chi connectivity index (χ3n) is 3.33. The van der Waals surface area contributed by atoms with Gasteiger partial charge in [0.05, 0.1) is 22.3 Å². The van der Waals surface area contributed by atoms with Crippen molar-refractivity contribution in [1.82, 2.24) is 9.55 Å². The van der Waals surface area contributed by atoms with E-state index in [0.29, 0.717) is 0 Å². The lowest BCUT2D eigenvalue weighted by Gasteiger charge is -2.20. The molecule has 1 aromatic rings. The molecule has 1 aliphatic carbocycles. The van der Waals surface area contributed by atoms with Crippen LogP contribution in [0.3, 0.4) is 0 Å². The first kappa shape index (κ1) is 14.6. The summed E-state index contributed by atoms with van der Waals surface area (Å²) in [7, 11) is 0. The number of halogens is 2. The van der Waals surface area contributed by atoms with Gasteiger partial charge in [-0.3, -0.25) is 14.3 Å². The largest absolute Gasteiger partial charge is 0.396 e. The second kappa shape index (κ2) is 5.31. The van der Waals surface area contributed by atoms with E-state index < -0.39 is 48.2 Å². The van der Waals surface area contributed by atoms with Crippen LogP contribution in [-0.4, -0.2) is 49.9 Å². The summed E-state index contributed by atoms with van der Waals surface area (Å²) in [6.07, 6.45) is -3.68. The zero-order valence-corrected chi connectivity index (χ0v) is 11.7. The van der Waals surface area contributed by atoms with Gasteiger partial charge in [0, 0.05) is 12.1 Å². The number of hydrogen-bond donors (Lipinski definition) is 4. The van der Waals surface area contributed by atoms with E-state index in [0.717, 1.165) is 10.8 Å². The van der Waals surface area contributed by atoms with Gasteiger partial charge in [0.25, 0.3) is 5.56 Å². The lowest BCUT2D eigenvalue weighted by atomic mass is 10.1. The van der Waals surface area contributed by atoms with Gasteiger partial charge in [-0.05, 0) is 22.6 Å². The van der Waals surface area contributed by atoms with Gasteiger partial charge in [0.1, 0.15) is 12.3 Å². The summed E-state index contributed by atoms with van der Waals surface area (Å²) in [5.74, 6) is -1.17. The molecule has 0 saturated heterocycles. The van der Waals surface area contributed by atoms with Crippen LogP contribution in [-0.2, 0) is 0 Å². The molecule has 1 heterocycles. The highest BCUT2D eigenvalue weighted by Gasteiger charge is 2.51. The third-order valence-corrected chi connectivity index (χ3v) is 4.10. The maximum absolute atomic E-state index is 14.1. The summed E-state index contributed by atoms with van der Waals surface area (Å²) in [6.45, 7) is -0.648. The van der Waals surface area contributed by atoms with Crippen molar-refractivity contribution in [2.45, 2.75) is 24.4 Å². The molecule has 1 fully saturated rings. The first-order valence-electron chi connectivity index (χ1n) is 5.50. The number of aliphatic hydroxyl groups excluding tert-OH is 3. The van der Waals surface area contributed by atoms with E-state index in [1.54, 1.807) is 22.6 Å². The quantitative estimate of drug-likeness (QED) is 0.456. The van der Waals surface area contributed by atoms with Gasteiger partial charge < -0.3 is 15.3 Å². The topological polar surface area (TPSA) is 116 Å². The van der Waals surface area contributed by atoms with Crippen molar-refractivity contribution >= 4 is 22.6 Å². The minimum Gasteiger partial charge on any atom is -0.396 e. The van der Waals surface area contributed by atoms with Crippen LogP contribution in [0, 0.1) is 9.49 Å². The maximum atomic E-state index is 14.1. The lowest BCUT2D eigenvalue weighted by Crippen LogP contribution is -2.39. The molecule has 2 unspecified atom stereocenters. The van der Waals surface area contributed by atoms with Crippen LogP contribution in [0.4, 0.5) is 4.39 Å². The van der Waals surface area contributed by atoms with Crippen LogP contribution in [0.2, 0.25) is 0 Å². The van der Waals surface area contributed by atoms with Crippen molar-refractivity contribution < 1.29 is 19.7 Å². The molecule has 0 bridgehead atoms. The Labute approximate surface area is 119 Å². The Morgan fingerprint density at radius 1 is 1.37 bits per heavy atom. The van der Waals surface area contributed by atoms with E-state index in [4.69, 9.17) is 5.11 Å². The molecule has 1 aromatic heterocycles. The van der Waals surface area contributed by atoms with E-state index in [2.05, 4.69) is 0 Å². The minimum atomic E-state index is -1.80. The predicted molar refractivity (Wildman–Crippen MR) is 70.6 cm³/mol. The van der Waals surface area contributed by atoms with E-state index in [1.807, 2.05) is 4.98 Å². The highest BCUT2D eigenvalue weighted by atomic mass is 127. The molecule has 0 spiro atoms. The number of nitrogens with zero attached hydrogens (tertiary/aromatic N) is 1. The number of aromatic amines is 1. The fraction of sp³-hybridized carbons (Fsp3) is 0.600. The van der Waals surface area contributed by atoms with Gasteiger partial charge in [-0.1, -0.05) is 0 Å². The standard InChI is InChI=1S/C10H12FIN2O5/c11-5-3(2-15)7(16)8(17)6(5)14-1-4(12)9(18)13-10(14)19/h1,3,5-8,15-17H,2H2,(H,13,18,19)/t3-,5-,6+,7?,8?/m1/s1. The minimum absolute atomic E-state index is 0.151. The Bertz CT molecular complexity index is 588. The van der Waals surface area contributed by atoms with Gasteiger partial charge >= 0.3 is 5.69 Å².